The Morgan fingerprint density at radius 3 is 0.667 bits per heavy atom. The highest BCUT2D eigenvalue weighted by Crippen LogP contribution is 2.15. The van der Waals surface area contributed by atoms with Crippen LogP contribution in [-0.4, -0.2) is 77.1 Å². The van der Waals surface area contributed by atoms with Gasteiger partial charge in [0, 0.05) is 13.2 Å². The highest BCUT2D eigenvalue weighted by Gasteiger charge is 1.97. The van der Waals surface area contributed by atoms with Crippen LogP contribution in [0.15, 0.2) is 0 Å². The number of ether oxygens (including phenoxy) is 1. The van der Waals surface area contributed by atoms with Crippen molar-refractivity contribution in [3.05, 3.63) is 0 Å². The predicted octanol–water partition coefficient (Wildman–Crippen LogP) is 6.13. The molecule has 0 atom stereocenters. The third-order valence-electron chi connectivity index (χ3n) is 6.98. The Kier molecular flexibility index (Phi) is 29.8. The van der Waals surface area contributed by atoms with E-state index in [2.05, 4.69) is 33.0 Å². The van der Waals surface area contributed by atoms with Gasteiger partial charge in [-0.3, -0.25) is 0 Å². The third kappa shape index (κ3) is 28.7. The molecule has 5 nitrogen and oxygen atoms in total. The lowest BCUT2D eigenvalue weighted by Crippen LogP contribution is -2.21. The van der Waals surface area contributed by atoms with Crippen molar-refractivity contribution >= 4 is 11.8 Å². The second kappa shape index (κ2) is 31.4. The molecule has 6 fully saturated rings. The molecule has 6 heterocycles. The molecule has 0 aromatic heterocycles. The molecular formula is C30H64N4OS. The zero-order valence-corrected chi connectivity index (χ0v) is 24.8. The van der Waals surface area contributed by atoms with E-state index in [1.807, 2.05) is 0 Å². The summed E-state index contributed by atoms with van der Waals surface area (Å²) in [4.78, 5) is 0. The van der Waals surface area contributed by atoms with E-state index in [0.717, 1.165) is 13.2 Å². The Morgan fingerprint density at radius 1 is 0.306 bits per heavy atom. The molecule has 0 spiro atoms. The van der Waals surface area contributed by atoms with Crippen LogP contribution < -0.4 is 21.3 Å². The largest absolute Gasteiger partial charge is 0.381 e. The maximum Gasteiger partial charge on any atom is 0.0466 e. The second-order valence-electron chi connectivity index (χ2n) is 10.6. The molecule has 0 radical (unpaired) electrons. The topological polar surface area (TPSA) is 57.3 Å². The van der Waals surface area contributed by atoms with E-state index in [9.17, 15) is 0 Å². The lowest BCUT2D eigenvalue weighted by molar-refractivity contribution is 0.0968. The molecule has 0 bridgehead atoms. The van der Waals surface area contributed by atoms with Crippen molar-refractivity contribution in [2.45, 2.75) is 116 Å². The Hall–Kier alpha value is 0.150. The SMILES string of the molecule is C1CCNCC1.C1CCNCC1.C1CCNCC1.C1CCNCC1.C1CCOCC1.C1CCSCC1. The fraction of sp³-hybridized carbons (Fsp3) is 1.00. The van der Waals surface area contributed by atoms with Crippen LogP contribution in [0, 0.1) is 0 Å². The first-order valence-corrected chi connectivity index (χ1v) is 17.1. The van der Waals surface area contributed by atoms with Crippen molar-refractivity contribution < 1.29 is 4.74 Å². The summed E-state index contributed by atoms with van der Waals surface area (Å²) in [7, 11) is 0. The van der Waals surface area contributed by atoms with Gasteiger partial charge in [0.15, 0.2) is 0 Å². The summed E-state index contributed by atoms with van der Waals surface area (Å²) in [5.41, 5.74) is 0. The Balaban J connectivity index is 0.000000216. The standard InChI is InChI=1S/4C5H11N.C5H10O.C5H10S/c6*1-2-4-6-5-3-1/h4*6H,1-5H2;2*1-5H2. The molecule has 0 aliphatic carbocycles. The molecule has 6 aliphatic rings. The molecule has 6 rings (SSSR count). The van der Waals surface area contributed by atoms with Gasteiger partial charge >= 0.3 is 0 Å². The summed E-state index contributed by atoms with van der Waals surface area (Å²) in [6, 6.07) is 0. The van der Waals surface area contributed by atoms with E-state index in [4.69, 9.17) is 4.74 Å². The molecule has 6 saturated heterocycles. The number of hydrogen-bond acceptors (Lipinski definition) is 6. The molecule has 6 aliphatic heterocycles. The van der Waals surface area contributed by atoms with Crippen molar-refractivity contribution in [2.75, 3.05) is 77.1 Å². The van der Waals surface area contributed by atoms with E-state index in [0.29, 0.717) is 0 Å². The highest BCUT2D eigenvalue weighted by atomic mass is 32.2. The number of nitrogens with one attached hydrogen (secondary N) is 4. The van der Waals surface area contributed by atoms with E-state index in [-0.39, 0.29) is 0 Å². The minimum Gasteiger partial charge on any atom is -0.381 e. The van der Waals surface area contributed by atoms with Crippen LogP contribution in [0.25, 0.3) is 0 Å². The molecule has 36 heavy (non-hydrogen) atoms. The van der Waals surface area contributed by atoms with Gasteiger partial charge in [0.2, 0.25) is 0 Å². The third-order valence-corrected chi connectivity index (χ3v) is 8.14. The second-order valence-corrected chi connectivity index (χ2v) is 11.8. The Morgan fingerprint density at radius 2 is 0.583 bits per heavy atom. The van der Waals surface area contributed by atoms with E-state index in [1.54, 1.807) is 0 Å². The summed E-state index contributed by atoms with van der Waals surface area (Å²) < 4.78 is 5.07. The van der Waals surface area contributed by atoms with E-state index < -0.39 is 0 Å². The van der Waals surface area contributed by atoms with Gasteiger partial charge in [-0.2, -0.15) is 11.8 Å². The molecule has 0 saturated carbocycles. The zero-order chi connectivity index (χ0) is 25.5. The van der Waals surface area contributed by atoms with Gasteiger partial charge in [0.25, 0.3) is 0 Å². The van der Waals surface area contributed by atoms with Crippen molar-refractivity contribution in [3.8, 4) is 0 Å². The van der Waals surface area contributed by atoms with Crippen LogP contribution in [0.3, 0.4) is 0 Å². The molecule has 216 valence electrons. The average molecular weight is 529 g/mol. The van der Waals surface area contributed by atoms with Crippen molar-refractivity contribution in [3.63, 3.8) is 0 Å². The van der Waals surface area contributed by atoms with E-state index >= 15 is 0 Å². The average Bonchev–Trinajstić information content (AvgIpc) is 3.04. The molecular weight excluding hydrogens is 464 g/mol. The molecule has 6 heteroatoms. The monoisotopic (exact) mass is 528 g/mol. The van der Waals surface area contributed by atoms with Crippen molar-refractivity contribution in [2.24, 2.45) is 0 Å². The summed E-state index contributed by atoms with van der Waals surface area (Å²) in [5.74, 6) is 2.83. The molecule has 0 amide bonds. The first-order valence-electron chi connectivity index (χ1n) is 16.0. The summed E-state index contributed by atoms with van der Waals surface area (Å²) >= 11 is 2.09. The van der Waals surface area contributed by atoms with Gasteiger partial charge in [-0.15, -0.1) is 0 Å². The van der Waals surface area contributed by atoms with Gasteiger partial charge in [-0.25, -0.2) is 0 Å². The molecule has 0 aromatic rings. The maximum absolute atomic E-state index is 5.07. The fourth-order valence-electron chi connectivity index (χ4n) is 4.58. The van der Waals surface area contributed by atoms with Crippen molar-refractivity contribution in [1.29, 1.82) is 0 Å². The van der Waals surface area contributed by atoms with Crippen molar-refractivity contribution in [1.82, 2.24) is 21.3 Å². The van der Waals surface area contributed by atoms with Gasteiger partial charge in [0.05, 0.1) is 0 Å². The summed E-state index contributed by atoms with van der Waals surface area (Å²) in [6.45, 7) is 12.0. The first-order chi connectivity index (χ1) is 18.0. The minimum atomic E-state index is 1.00. The Labute approximate surface area is 230 Å². The molecule has 0 aromatic carbocycles. The molecule has 0 unspecified atom stereocenters. The highest BCUT2D eigenvalue weighted by molar-refractivity contribution is 7.99. The van der Waals surface area contributed by atoms with Gasteiger partial charge < -0.3 is 26.0 Å². The van der Waals surface area contributed by atoms with Gasteiger partial charge in [-0.1, -0.05) is 32.1 Å². The first kappa shape index (κ1) is 34.2. The molecule has 4 N–H and O–H groups in total. The number of piperidine rings is 4. The van der Waals surface area contributed by atoms with Crippen LogP contribution in [0.5, 0.6) is 0 Å². The van der Waals surface area contributed by atoms with Crippen LogP contribution in [0.4, 0.5) is 0 Å². The quantitative estimate of drug-likeness (QED) is 0.303. The lowest BCUT2D eigenvalue weighted by atomic mass is 10.2. The fourth-order valence-corrected chi connectivity index (χ4v) is 5.60. The zero-order valence-electron chi connectivity index (χ0n) is 24.0. The maximum atomic E-state index is 5.07. The van der Waals surface area contributed by atoms with Crippen LogP contribution in [-0.2, 0) is 4.74 Å². The Bertz CT molecular complexity index is 217. The number of hydrogen-bond donors (Lipinski definition) is 4. The summed E-state index contributed by atoms with van der Waals surface area (Å²) in [6.07, 6.45) is 25.2. The number of rotatable bonds is 0. The lowest BCUT2D eigenvalue weighted by Gasteiger charge is -2.08. The minimum absolute atomic E-state index is 1.00. The van der Waals surface area contributed by atoms with Crippen LogP contribution in [0.2, 0.25) is 0 Å². The van der Waals surface area contributed by atoms with Gasteiger partial charge in [-0.05, 0) is 147 Å². The van der Waals surface area contributed by atoms with Crippen LogP contribution >= 0.6 is 11.8 Å². The smallest absolute Gasteiger partial charge is 0.0466 e. The number of thioether (sulfide) groups is 1. The summed E-state index contributed by atoms with van der Waals surface area (Å²) in [5, 5.41) is 13.1. The van der Waals surface area contributed by atoms with E-state index in [1.165, 1.54) is 179 Å². The van der Waals surface area contributed by atoms with Crippen LogP contribution in [0.1, 0.15) is 116 Å². The normalized spacial score (nSPS) is 24.0. The predicted molar refractivity (Wildman–Crippen MR) is 163 cm³/mol. The van der Waals surface area contributed by atoms with Gasteiger partial charge in [0.1, 0.15) is 0 Å².